The summed E-state index contributed by atoms with van der Waals surface area (Å²) in [5.41, 5.74) is 3.33. The number of piperidine rings is 1. The Morgan fingerprint density at radius 2 is 1.70 bits per heavy atom. The van der Waals surface area contributed by atoms with Gasteiger partial charge in [-0.3, -0.25) is 0 Å². The number of anilines is 1. The highest BCUT2D eigenvalue weighted by atomic mass is 16.6. The predicted octanol–water partition coefficient (Wildman–Crippen LogP) is 5.81. The largest absolute Gasteiger partial charge is 0.444 e. The topological polar surface area (TPSA) is 93.1 Å². The van der Waals surface area contributed by atoms with Gasteiger partial charge in [-0.1, -0.05) is 42.5 Å². The standard InChI is InChI=1S/C29H32N6O2/c1-29(2,3)37-28(36)35-14-12-20(13-15-35)16-32-27-25-23(21-8-5-4-6-9-21)10-7-11-24(25)33-26(34-27)22-17-30-19-31-18-22/h4-11,17-20H,12-16H2,1-3H3,(H,32,33,34). The van der Waals surface area contributed by atoms with Gasteiger partial charge in [0, 0.05) is 32.0 Å². The van der Waals surface area contributed by atoms with E-state index in [0.29, 0.717) is 24.8 Å². The molecule has 2 aromatic carbocycles. The highest BCUT2D eigenvalue weighted by Crippen LogP contribution is 2.34. The van der Waals surface area contributed by atoms with Crippen LogP contribution in [0, 0.1) is 5.92 Å². The molecule has 1 aliphatic heterocycles. The molecule has 1 saturated heterocycles. The van der Waals surface area contributed by atoms with E-state index in [4.69, 9.17) is 14.7 Å². The molecule has 0 spiro atoms. The van der Waals surface area contributed by atoms with Crippen molar-refractivity contribution in [3.05, 3.63) is 67.3 Å². The van der Waals surface area contributed by atoms with Crippen LogP contribution in [0.4, 0.5) is 10.6 Å². The number of nitrogens with zero attached hydrogens (tertiary/aromatic N) is 5. The number of hydrogen-bond donors (Lipinski definition) is 1. The zero-order chi connectivity index (χ0) is 25.8. The first-order valence-corrected chi connectivity index (χ1v) is 12.7. The minimum absolute atomic E-state index is 0.233. The van der Waals surface area contributed by atoms with Gasteiger partial charge in [-0.2, -0.15) is 0 Å². The van der Waals surface area contributed by atoms with Crippen molar-refractivity contribution in [2.45, 2.75) is 39.2 Å². The third-order valence-electron chi connectivity index (χ3n) is 6.45. The van der Waals surface area contributed by atoms with Gasteiger partial charge in [0.15, 0.2) is 5.82 Å². The number of nitrogens with one attached hydrogen (secondary N) is 1. The normalized spacial score (nSPS) is 14.5. The third kappa shape index (κ3) is 5.85. The van der Waals surface area contributed by atoms with Gasteiger partial charge < -0.3 is 15.0 Å². The van der Waals surface area contributed by atoms with Crippen molar-refractivity contribution < 1.29 is 9.53 Å². The molecular formula is C29H32N6O2. The maximum Gasteiger partial charge on any atom is 0.410 e. The van der Waals surface area contributed by atoms with Gasteiger partial charge in [0.2, 0.25) is 0 Å². The van der Waals surface area contributed by atoms with Crippen LogP contribution < -0.4 is 5.32 Å². The quantitative estimate of drug-likeness (QED) is 0.372. The summed E-state index contributed by atoms with van der Waals surface area (Å²) in [6.07, 6.45) is 6.53. The molecule has 3 heterocycles. The second kappa shape index (κ2) is 10.5. The molecule has 0 radical (unpaired) electrons. The second-order valence-corrected chi connectivity index (χ2v) is 10.4. The third-order valence-corrected chi connectivity index (χ3v) is 6.45. The number of carbonyl (C=O) groups is 1. The van der Waals surface area contributed by atoms with Crippen molar-refractivity contribution in [3.63, 3.8) is 0 Å². The summed E-state index contributed by atoms with van der Waals surface area (Å²) in [5, 5.41) is 4.62. The second-order valence-electron chi connectivity index (χ2n) is 10.4. The maximum absolute atomic E-state index is 12.5. The summed E-state index contributed by atoms with van der Waals surface area (Å²) in [6, 6.07) is 16.4. The number of aromatic nitrogens is 4. The molecular weight excluding hydrogens is 464 g/mol. The van der Waals surface area contributed by atoms with Crippen molar-refractivity contribution in [2.75, 3.05) is 25.0 Å². The minimum Gasteiger partial charge on any atom is -0.444 e. The molecule has 0 saturated carbocycles. The van der Waals surface area contributed by atoms with E-state index in [-0.39, 0.29) is 6.09 Å². The molecule has 1 amide bonds. The van der Waals surface area contributed by atoms with Crippen LogP contribution in [-0.2, 0) is 4.74 Å². The monoisotopic (exact) mass is 496 g/mol. The van der Waals surface area contributed by atoms with E-state index in [9.17, 15) is 4.79 Å². The number of likely N-dealkylation sites (tertiary alicyclic amines) is 1. The zero-order valence-electron chi connectivity index (χ0n) is 21.5. The fourth-order valence-corrected chi connectivity index (χ4v) is 4.60. The van der Waals surface area contributed by atoms with E-state index < -0.39 is 5.60 Å². The summed E-state index contributed by atoms with van der Waals surface area (Å²) in [6.45, 7) is 7.82. The van der Waals surface area contributed by atoms with Gasteiger partial charge in [0.25, 0.3) is 0 Å². The van der Waals surface area contributed by atoms with Crippen molar-refractivity contribution >= 4 is 22.8 Å². The van der Waals surface area contributed by atoms with Gasteiger partial charge in [0.1, 0.15) is 17.7 Å². The predicted molar refractivity (Wildman–Crippen MR) is 145 cm³/mol. The molecule has 1 aliphatic rings. The average molecular weight is 497 g/mol. The highest BCUT2D eigenvalue weighted by Gasteiger charge is 2.27. The molecule has 0 bridgehead atoms. The Kier molecular flexibility index (Phi) is 6.99. The van der Waals surface area contributed by atoms with Gasteiger partial charge in [-0.15, -0.1) is 0 Å². The molecule has 0 atom stereocenters. The number of fused-ring (bicyclic) bond motifs is 1. The van der Waals surface area contributed by atoms with Gasteiger partial charge in [0.05, 0.1) is 16.5 Å². The zero-order valence-corrected chi connectivity index (χ0v) is 21.5. The SMILES string of the molecule is CC(C)(C)OC(=O)N1CCC(CNc2nc(-c3cncnc3)nc3cccc(-c4ccccc4)c23)CC1. The van der Waals surface area contributed by atoms with Crippen LogP contribution in [0.25, 0.3) is 33.4 Å². The van der Waals surface area contributed by atoms with Gasteiger partial charge in [-0.25, -0.2) is 24.7 Å². The summed E-state index contributed by atoms with van der Waals surface area (Å²) in [5.74, 6) is 1.79. The van der Waals surface area contributed by atoms with Crippen LogP contribution >= 0.6 is 0 Å². The Hall–Kier alpha value is -4.07. The Balaban J connectivity index is 1.41. The van der Waals surface area contributed by atoms with Crippen LogP contribution in [0.3, 0.4) is 0 Å². The Bertz CT molecular complexity index is 1360. The number of carbonyl (C=O) groups excluding carboxylic acids is 1. The lowest BCUT2D eigenvalue weighted by Gasteiger charge is -2.33. The molecule has 0 aliphatic carbocycles. The molecule has 8 nitrogen and oxygen atoms in total. The Morgan fingerprint density at radius 3 is 2.41 bits per heavy atom. The van der Waals surface area contributed by atoms with Gasteiger partial charge in [-0.05, 0) is 56.7 Å². The number of amides is 1. The van der Waals surface area contributed by atoms with E-state index in [1.807, 2.05) is 56.0 Å². The number of hydrogen-bond acceptors (Lipinski definition) is 7. The lowest BCUT2D eigenvalue weighted by Crippen LogP contribution is -2.42. The average Bonchev–Trinajstić information content (AvgIpc) is 2.91. The van der Waals surface area contributed by atoms with Crippen LogP contribution in [-0.4, -0.2) is 56.2 Å². The fourth-order valence-electron chi connectivity index (χ4n) is 4.60. The van der Waals surface area contributed by atoms with E-state index in [1.165, 1.54) is 6.33 Å². The first-order valence-electron chi connectivity index (χ1n) is 12.7. The smallest absolute Gasteiger partial charge is 0.410 e. The molecule has 2 aromatic heterocycles. The molecule has 1 fully saturated rings. The molecule has 37 heavy (non-hydrogen) atoms. The van der Waals surface area contributed by atoms with E-state index >= 15 is 0 Å². The van der Waals surface area contributed by atoms with Crippen molar-refractivity contribution in [3.8, 4) is 22.5 Å². The lowest BCUT2D eigenvalue weighted by atomic mass is 9.96. The van der Waals surface area contributed by atoms with Crippen LogP contribution in [0.15, 0.2) is 67.3 Å². The Labute approximate surface area is 217 Å². The first kappa shape index (κ1) is 24.6. The molecule has 1 N–H and O–H groups in total. The van der Waals surface area contributed by atoms with E-state index in [0.717, 1.165) is 52.8 Å². The molecule has 5 rings (SSSR count). The lowest BCUT2D eigenvalue weighted by molar-refractivity contribution is 0.0188. The van der Waals surface area contributed by atoms with Gasteiger partial charge >= 0.3 is 6.09 Å². The van der Waals surface area contributed by atoms with Crippen molar-refractivity contribution in [1.82, 2.24) is 24.8 Å². The molecule has 190 valence electrons. The number of ether oxygens (including phenoxy) is 1. The van der Waals surface area contributed by atoms with Crippen molar-refractivity contribution in [1.29, 1.82) is 0 Å². The number of rotatable bonds is 5. The van der Waals surface area contributed by atoms with Crippen LogP contribution in [0.1, 0.15) is 33.6 Å². The van der Waals surface area contributed by atoms with Crippen LogP contribution in [0.2, 0.25) is 0 Å². The minimum atomic E-state index is -0.485. The Morgan fingerprint density at radius 1 is 0.973 bits per heavy atom. The fraction of sp³-hybridized carbons (Fsp3) is 0.345. The molecule has 4 aromatic rings. The van der Waals surface area contributed by atoms with E-state index in [2.05, 4.69) is 33.5 Å². The number of benzene rings is 2. The summed E-state index contributed by atoms with van der Waals surface area (Å²) in [7, 11) is 0. The summed E-state index contributed by atoms with van der Waals surface area (Å²) < 4.78 is 5.54. The highest BCUT2D eigenvalue weighted by molar-refractivity contribution is 6.02. The first-order chi connectivity index (χ1) is 17.9. The van der Waals surface area contributed by atoms with Crippen molar-refractivity contribution in [2.24, 2.45) is 5.92 Å². The molecule has 8 heteroatoms. The van der Waals surface area contributed by atoms with E-state index in [1.54, 1.807) is 12.4 Å². The molecule has 0 unspecified atom stereocenters. The summed E-state index contributed by atoms with van der Waals surface area (Å²) in [4.78, 5) is 32.3. The maximum atomic E-state index is 12.5. The van der Waals surface area contributed by atoms with Crippen LogP contribution in [0.5, 0.6) is 0 Å². The summed E-state index contributed by atoms with van der Waals surface area (Å²) >= 11 is 0.